The maximum Gasteiger partial charge on any atom is 0.127 e. The molecule has 1 aliphatic carbocycles. The van der Waals surface area contributed by atoms with Crippen molar-refractivity contribution in [3.63, 3.8) is 0 Å². The predicted octanol–water partition coefficient (Wildman–Crippen LogP) is 1.39. The van der Waals surface area contributed by atoms with E-state index in [0.717, 1.165) is 24.2 Å². The van der Waals surface area contributed by atoms with Crippen LogP contribution in [0, 0.1) is 31.1 Å². The monoisotopic (exact) mass is 218 g/mol. The number of hydrogen-bond donors (Lipinski definition) is 1. The van der Waals surface area contributed by atoms with E-state index in [1.807, 2.05) is 27.2 Å². The summed E-state index contributed by atoms with van der Waals surface area (Å²) in [6.07, 6.45) is 4.14. The van der Waals surface area contributed by atoms with E-state index in [1.54, 1.807) is 0 Å². The second-order valence-electron chi connectivity index (χ2n) is 4.65. The van der Waals surface area contributed by atoms with Crippen LogP contribution in [0.1, 0.15) is 24.2 Å². The molecule has 2 rings (SSSR count). The number of nitrogens with one attached hydrogen (secondary N) is 1. The van der Waals surface area contributed by atoms with Crippen LogP contribution in [0.2, 0.25) is 0 Å². The zero-order valence-electron chi connectivity index (χ0n) is 10.1. The summed E-state index contributed by atoms with van der Waals surface area (Å²) >= 11 is 0. The standard InChI is InChI=1S/C12H18N4/c1-9-10(2)16(8-15-9)7-12(6-13,14-3)11-4-5-11/h8,11,14H,4-5,7H2,1-3H3. The van der Waals surface area contributed by atoms with Gasteiger partial charge >= 0.3 is 0 Å². The largest absolute Gasteiger partial charge is 0.332 e. The highest BCUT2D eigenvalue weighted by atomic mass is 15.1. The number of nitriles is 1. The van der Waals surface area contributed by atoms with Crippen molar-refractivity contribution in [2.24, 2.45) is 5.92 Å². The van der Waals surface area contributed by atoms with E-state index in [9.17, 15) is 5.26 Å². The first kappa shape index (κ1) is 11.2. The lowest BCUT2D eigenvalue weighted by Crippen LogP contribution is -2.47. The normalized spacial score (nSPS) is 19.1. The molecule has 0 saturated heterocycles. The highest BCUT2D eigenvalue weighted by Crippen LogP contribution is 2.40. The minimum absolute atomic E-state index is 0.419. The first-order chi connectivity index (χ1) is 7.63. The summed E-state index contributed by atoms with van der Waals surface area (Å²) < 4.78 is 2.08. The van der Waals surface area contributed by atoms with Gasteiger partial charge < -0.3 is 9.88 Å². The molecule has 4 nitrogen and oxygen atoms in total. The molecule has 4 heteroatoms. The van der Waals surface area contributed by atoms with Crippen molar-refractivity contribution in [2.75, 3.05) is 7.05 Å². The van der Waals surface area contributed by atoms with Crippen LogP contribution in [0.4, 0.5) is 0 Å². The Kier molecular flexibility index (Phi) is 2.73. The number of aryl methyl sites for hydroxylation is 1. The number of likely N-dealkylation sites (N-methyl/N-ethyl adjacent to an activating group) is 1. The first-order valence-electron chi connectivity index (χ1n) is 5.71. The van der Waals surface area contributed by atoms with E-state index in [0.29, 0.717) is 12.5 Å². The molecule has 1 saturated carbocycles. The molecule has 16 heavy (non-hydrogen) atoms. The summed E-state index contributed by atoms with van der Waals surface area (Å²) in [5.74, 6) is 0.490. The Morgan fingerprint density at radius 1 is 1.62 bits per heavy atom. The molecule has 1 fully saturated rings. The van der Waals surface area contributed by atoms with Gasteiger partial charge in [-0.3, -0.25) is 0 Å². The molecule has 1 aromatic rings. The van der Waals surface area contributed by atoms with Gasteiger partial charge in [0.05, 0.1) is 24.6 Å². The molecule has 1 aromatic heterocycles. The highest BCUT2D eigenvalue weighted by molar-refractivity contribution is 5.17. The average molecular weight is 218 g/mol. The SMILES string of the molecule is CNC(C#N)(Cn1cnc(C)c1C)C1CC1. The first-order valence-corrected chi connectivity index (χ1v) is 5.71. The molecule has 1 atom stereocenters. The van der Waals surface area contributed by atoms with Crippen LogP contribution < -0.4 is 5.32 Å². The summed E-state index contributed by atoms with van der Waals surface area (Å²) in [4.78, 5) is 4.27. The van der Waals surface area contributed by atoms with Crippen LogP contribution in [-0.4, -0.2) is 22.1 Å². The van der Waals surface area contributed by atoms with Gasteiger partial charge in [-0.15, -0.1) is 0 Å². The fourth-order valence-electron chi connectivity index (χ4n) is 2.14. The number of imidazole rings is 1. The van der Waals surface area contributed by atoms with Crippen molar-refractivity contribution < 1.29 is 0 Å². The van der Waals surface area contributed by atoms with Crippen LogP contribution in [0.25, 0.3) is 0 Å². The molecule has 1 heterocycles. The van der Waals surface area contributed by atoms with Crippen molar-refractivity contribution in [1.82, 2.24) is 14.9 Å². The van der Waals surface area contributed by atoms with Gasteiger partial charge in [-0.2, -0.15) is 5.26 Å². The van der Waals surface area contributed by atoms with Crippen molar-refractivity contribution >= 4 is 0 Å². The van der Waals surface area contributed by atoms with Crippen molar-refractivity contribution in [1.29, 1.82) is 5.26 Å². The van der Waals surface area contributed by atoms with E-state index in [2.05, 4.69) is 20.9 Å². The van der Waals surface area contributed by atoms with Gasteiger partial charge in [0.2, 0.25) is 0 Å². The van der Waals surface area contributed by atoms with E-state index in [1.165, 1.54) is 0 Å². The molecule has 1 unspecified atom stereocenters. The number of hydrogen-bond acceptors (Lipinski definition) is 3. The summed E-state index contributed by atoms with van der Waals surface area (Å²) in [6, 6.07) is 2.45. The topological polar surface area (TPSA) is 53.6 Å². The Morgan fingerprint density at radius 3 is 2.69 bits per heavy atom. The summed E-state index contributed by atoms with van der Waals surface area (Å²) in [5, 5.41) is 12.6. The van der Waals surface area contributed by atoms with Crippen LogP contribution in [0.5, 0.6) is 0 Å². The zero-order valence-corrected chi connectivity index (χ0v) is 10.1. The summed E-state index contributed by atoms with van der Waals surface area (Å²) in [7, 11) is 1.88. The van der Waals surface area contributed by atoms with E-state index < -0.39 is 5.54 Å². The molecular weight excluding hydrogens is 200 g/mol. The van der Waals surface area contributed by atoms with Gasteiger partial charge in [0.1, 0.15) is 5.54 Å². The maximum atomic E-state index is 9.40. The minimum atomic E-state index is -0.419. The van der Waals surface area contributed by atoms with E-state index >= 15 is 0 Å². The molecule has 0 spiro atoms. The van der Waals surface area contributed by atoms with Gasteiger partial charge in [-0.25, -0.2) is 4.98 Å². The molecule has 0 aromatic carbocycles. The molecule has 86 valence electrons. The Bertz CT molecular complexity index is 425. The fraction of sp³-hybridized carbons (Fsp3) is 0.667. The van der Waals surface area contributed by atoms with Gasteiger partial charge in [0.25, 0.3) is 0 Å². The average Bonchev–Trinajstić information content (AvgIpc) is 3.09. The van der Waals surface area contributed by atoms with Crippen molar-refractivity contribution in [2.45, 2.75) is 38.8 Å². The van der Waals surface area contributed by atoms with Crippen LogP contribution in [-0.2, 0) is 6.54 Å². The molecule has 0 radical (unpaired) electrons. The van der Waals surface area contributed by atoms with Crippen molar-refractivity contribution in [3.8, 4) is 6.07 Å². The molecular formula is C12H18N4. The summed E-state index contributed by atoms with van der Waals surface area (Å²) in [5.41, 5.74) is 1.77. The quantitative estimate of drug-likeness (QED) is 0.831. The van der Waals surface area contributed by atoms with Gasteiger partial charge in [-0.05, 0) is 39.7 Å². The smallest absolute Gasteiger partial charge is 0.127 e. The minimum Gasteiger partial charge on any atom is -0.332 e. The van der Waals surface area contributed by atoms with Gasteiger partial charge in [-0.1, -0.05) is 0 Å². The zero-order chi connectivity index (χ0) is 11.8. The fourth-order valence-corrected chi connectivity index (χ4v) is 2.14. The predicted molar refractivity (Wildman–Crippen MR) is 61.8 cm³/mol. The maximum absolute atomic E-state index is 9.40. The lowest BCUT2D eigenvalue weighted by Gasteiger charge is -2.27. The third kappa shape index (κ3) is 1.72. The van der Waals surface area contributed by atoms with Crippen LogP contribution in [0.3, 0.4) is 0 Å². The highest BCUT2D eigenvalue weighted by Gasteiger charge is 2.45. The second-order valence-corrected chi connectivity index (χ2v) is 4.65. The van der Waals surface area contributed by atoms with Crippen LogP contribution >= 0.6 is 0 Å². The number of rotatable bonds is 4. The van der Waals surface area contributed by atoms with Crippen LogP contribution in [0.15, 0.2) is 6.33 Å². The Balaban J connectivity index is 2.24. The van der Waals surface area contributed by atoms with E-state index in [-0.39, 0.29) is 0 Å². The second kappa shape index (κ2) is 3.91. The van der Waals surface area contributed by atoms with E-state index in [4.69, 9.17) is 0 Å². The van der Waals surface area contributed by atoms with Gasteiger partial charge in [0.15, 0.2) is 0 Å². The lowest BCUT2D eigenvalue weighted by molar-refractivity contribution is 0.338. The third-order valence-corrected chi connectivity index (χ3v) is 3.68. The molecule has 1 aliphatic rings. The molecule has 0 bridgehead atoms. The Hall–Kier alpha value is -1.34. The van der Waals surface area contributed by atoms with Gasteiger partial charge in [0, 0.05) is 5.69 Å². The molecule has 1 N–H and O–H groups in total. The summed E-state index contributed by atoms with van der Waals surface area (Å²) in [6.45, 7) is 4.74. The number of aromatic nitrogens is 2. The molecule has 0 amide bonds. The van der Waals surface area contributed by atoms with Crippen molar-refractivity contribution in [3.05, 3.63) is 17.7 Å². The number of nitrogens with zero attached hydrogens (tertiary/aromatic N) is 3. The third-order valence-electron chi connectivity index (χ3n) is 3.68. The Morgan fingerprint density at radius 2 is 2.31 bits per heavy atom. The Labute approximate surface area is 96.3 Å². The molecule has 0 aliphatic heterocycles. The lowest BCUT2D eigenvalue weighted by atomic mass is 9.95.